The maximum atomic E-state index is 10.9. The maximum absolute atomic E-state index is 10.9. The van der Waals surface area contributed by atoms with E-state index in [1.54, 1.807) is 18.2 Å². The Morgan fingerprint density at radius 2 is 2.07 bits per heavy atom. The highest BCUT2D eigenvalue weighted by Gasteiger charge is 2.02. The molecule has 78 valence electrons. The number of benzene rings is 1. The van der Waals surface area contributed by atoms with E-state index in [2.05, 4.69) is 0 Å². The van der Waals surface area contributed by atoms with Crippen LogP contribution in [0.3, 0.4) is 0 Å². The highest BCUT2D eigenvalue weighted by molar-refractivity contribution is 5.94. The van der Waals surface area contributed by atoms with E-state index in [0.717, 1.165) is 11.6 Å². The Bertz CT molecular complexity index is 435. The average Bonchev–Trinajstić information content (AvgIpc) is 2.16. The second kappa shape index (κ2) is 4.41. The molecule has 15 heavy (non-hydrogen) atoms. The van der Waals surface area contributed by atoms with Crippen LogP contribution < -0.4 is 5.73 Å². The van der Waals surface area contributed by atoms with Gasteiger partial charge in [0.15, 0.2) is 0 Å². The zero-order valence-electron chi connectivity index (χ0n) is 8.23. The van der Waals surface area contributed by atoms with Gasteiger partial charge in [-0.15, -0.1) is 0 Å². The SMILES string of the molecule is Cc1ccc(C(N)=O)cc1C=CC(=O)O. The Hall–Kier alpha value is -2.10. The molecule has 0 aromatic heterocycles. The minimum absolute atomic E-state index is 0.366. The van der Waals surface area contributed by atoms with E-state index in [1.165, 1.54) is 6.08 Å². The number of hydrogen-bond acceptors (Lipinski definition) is 2. The van der Waals surface area contributed by atoms with E-state index in [-0.39, 0.29) is 0 Å². The van der Waals surface area contributed by atoms with Crippen molar-refractivity contribution in [3.05, 3.63) is 41.0 Å². The van der Waals surface area contributed by atoms with Gasteiger partial charge in [-0.25, -0.2) is 4.79 Å². The predicted molar refractivity (Wildman–Crippen MR) is 56.4 cm³/mol. The van der Waals surface area contributed by atoms with Gasteiger partial charge in [0.1, 0.15) is 0 Å². The zero-order chi connectivity index (χ0) is 11.4. The summed E-state index contributed by atoms with van der Waals surface area (Å²) in [7, 11) is 0. The first kappa shape index (κ1) is 11.0. The lowest BCUT2D eigenvalue weighted by Gasteiger charge is -2.02. The third-order valence-electron chi connectivity index (χ3n) is 1.97. The van der Waals surface area contributed by atoms with Gasteiger partial charge in [0, 0.05) is 11.6 Å². The molecule has 3 N–H and O–H groups in total. The molecule has 0 heterocycles. The molecule has 0 bridgehead atoms. The number of carbonyl (C=O) groups excluding carboxylic acids is 1. The molecular formula is C11H11NO3. The lowest BCUT2D eigenvalue weighted by Crippen LogP contribution is -2.11. The van der Waals surface area contributed by atoms with Crippen LogP contribution in [0.15, 0.2) is 24.3 Å². The summed E-state index contributed by atoms with van der Waals surface area (Å²) >= 11 is 0. The number of rotatable bonds is 3. The fourth-order valence-electron chi connectivity index (χ4n) is 1.13. The number of carboxylic acids is 1. The summed E-state index contributed by atoms with van der Waals surface area (Å²) in [5.74, 6) is -1.56. The second-order valence-electron chi connectivity index (χ2n) is 3.11. The number of carboxylic acid groups (broad SMARTS) is 1. The molecule has 0 spiro atoms. The fraction of sp³-hybridized carbons (Fsp3) is 0.0909. The second-order valence-corrected chi connectivity index (χ2v) is 3.11. The Balaban J connectivity index is 3.11. The number of primary amides is 1. The molecule has 0 aliphatic carbocycles. The van der Waals surface area contributed by atoms with Crippen molar-refractivity contribution in [1.82, 2.24) is 0 Å². The number of aryl methyl sites for hydroxylation is 1. The molecule has 1 amide bonds. The lowest BCUT2D eigenvalue weighted by atomic mass is 10.0. The van der Waals surface area contributed by atoms with Gasteiger partial charge in [0.2, 0.25) is 5.91 Å². The van der Waals surface area contributed by atoms with Crippen molar-refractivity contribution >= 4 is 18.0 Å². The smallest absolute Gasteiger partial charge is 0.328 e. The predicted octanol–water partition coefficient (Wildman–Crippen LogP) is 1.19. The van der Waals surface area contributed by atoms with Crippen molar-refractivity contribution in [2.45, 2.75) is 6.92 Å². The number of nitrogens with two attached hydrogens (primary N) is 1. The van der Waals surface area contributed by atoms with Crippen LogP contribution in [0.1, 0.15) is 21.5 Å². The number of carbonyl (C=O) groups is 2. The molecule has 0 unspecified atom stereocenters. The summed E-state index contributed by atoms with van der Waals surface area (Å²) in [6, 6.07) is 4.90. The monoisotopic (exact) mass is 205 g/mol. The first-order valence-corrected chi connectivity index (χ1v) is 4.32. The van der Waals surface area contributed by atoms with Crippen molar-refractivity contribution in [3.8, 4) is 0 Å². The lowest BCUT2D eigenvalue weighted by molar-refractivity contribution is -0.131. The molecule has 1 aromatic rings. The molecule has 4 nitrogen and oxygen atoms in total. The van der Waals surface area contributed by atoms with Crippen molar-refractivity contribution in [2.75, 3.05) is 0 Å². The van der Waals surface area contributed by atoms with Gasteiger partial charge in [-0.3, -0.25) is 4.79 Å². The largest absolute Gasteiger partial charge is 0.478 e. The highest BCUT2D eigenvalue weighted by Crippen LogP contribution is 2.12. The van der Waals surface area contributed by atoms with Gasteiger partial charge in [-0.05, 0) is 36.3 Å². The maximum Gasteiger partial charge on any atom is 0.328 e. The minimum atomic E-state index is -1.03. The van der Waals surface area contributed by atoms with Crippen LogP contribution >= 0.6 is 0 Å². The normalized spacial score (nSPS) is 10.5. The van der Waals surface area contributed by atoms with Crippen LogP contribution in [0, 0.1) is 6.92 Å². The summed E-state index contributed by atoms with van der Waals surface area (Å²) in [4.78, 5) is 21.2. The Labute approximate surface area is 87.0 Å². The van der Waals surface area contributed by atoms with Gasteiger partial charge in [0.25, 0.3) is 0 Å². The molecule has 4 heteroatoms. The van der Waals surface area contributed by atoms with Crippen LogP contribution in [0.4, 0.5) is 0 Å². The number of amides is 1. The molecule has 0 fully saturated rings. The minimum Gasteiger partial charge on any atom is -0.478 e. The van der Waals surface area contributed by atoms with Gasteiger partial charge >= 0.3 is 5.97 Å². The summed E-state index contributed by atoms with van der Waals surface area (Å²) < 4.78 is 0. The molecule has 1 rings (SSSR count). The molecule has 1 aromatic carbocycles. The molecule has 0 aliphatic heterocycles. The van der Waals surface area contributed by atoms with Gasteiger partial charge in [-0.2, -0.15) is 0 Å². The van der Waals surface area contributed by atoms with E-state index in [4.69, 9.17) is 10.8 Å². The standard InChI is InChI=1S/C11H11NO3/c1-7-2-3-9(11(12)15)6-8(7)4-5-10(13)14/h2-6H,1H3,(H2,12,15)(H,13,14). The summed E-state index contributed by atoms with van der Waals surface area (Å²) in [5.41, 5.74) is 7.04. The Morgan fingerprint density at radius 3 is 2.60 bits per heavy atom. The van der Waals surface area contributed by atoms with E-state index < -0.39 is 11.9 Å². The van der Waals surface area contributed by atoms with E-state index in [0.29, 0.717) is 11.1 Å². The summed E-state index contributed by atoms with van der Waals surface area (Å²) in [5, 5.41) is 8.47. The molecular weight excluding hydrogens is 194 g/mol. The third kappa shape index (κ3) is 2.95. The van der Waals surface area contributed by atoms with E-state index in [9.17, 15) is 9.59 Å². The van der Waals surface area contributed by atoms with Gasteiger partial charge < -0.3 is 10.8 Å². The van der Waals surface area contributed by atoms with Crippen LogP contribution in [-0.2, 0) is 4.79 Å². The van der Waals surface area contributed by atoms with Gasteiger partial charge in [-0.1, -0.05) is 6.07 Å². The quantitative estimate of drug-likeness (QED) is 0.727. The van der Waals surface area contributed by atoms with Crippen molar-refractivity contribution in [3.63, 3.8) is 0 Å². The molecule has 0 aliphatic rings. The van der Waals surface area contributed by atoms with E-state index >= 15 is 0 Å². The fourth-order valence-corrected chi connectivity index (χ4v) is 1.13. The molecule has 0 atom stereocenters. The van der Waals surface area contributed by atoms with Crippen LogP contribution in [0.5, 0.6) is 0 Å². The Kier molecular flexibility index (Phi) is 3.23. The molecule has 0 saturated carbocycles. The number of hydrogen-bond donors (Lipinski definition) is 2. The summed E-state index contributed by atoms with van der Waals surface area (Å²) in [6.07, 6.45) is 2.46. The van der Waals surface area contributed by atoms with E-state index in [1.807, 2.05) is 6.92 Å². The van der Waals surface area contributed by atoms with Crippen LogP contribution in [-0.4, -0.2) is 17.0 Å². The van der Waals surface area contributed by atoms with Crippen molar-refractivity contribution < 1.29 is 14.7 Å². The zero-order valence-corrected chi connectivity index (χ0v) is 8.23. The van der Waals surface area contributed by atoms with Crippen LogP contribution in [0.25, 0.3) is 6.08 Å². The molecule has 0 saturated heterocycles. The van der Waals surface area contributed by atoms with Gasteiger partial charge in [0.05, 0.1) is 0 Å². The average molecular weight is 205 g/mol. The van der Waals surface area contributed by atoms with Crippen molar-refractivity contribution in [2.24, 2.45) is 5.73 Å². The topological polar surface area (TPSA) is 80.4 Å². The third-order valence-corrected chi connectivity index (χ3v) is 1.97. The number of aliphatic carboxylic acids is 1. The molecule has 0 radical (unpaired) electrons. The van der Waals surface area contributed by atoms with Crippen LogP contribution in [0.2, 0.25) is 0 Å². The summed E-state index contributed by atoms with van der Waals surface area (Å²) in [6.45, 7) is 1.83. The van der Waals surface area contributed by atoms with Crippen molar-refractivity contribution in [1.29, 1.82) is 0 Å². The first-order chi connectivity index (χ1) is 7.00. The highest BCUT2D eigenvalue weighted by atomic mass is 16.4. The Morgan fingerprint density at radius 1 is 1.40 bits per heavy atom. The first-order valence-electron chi connectivity index (χ1n) is 4.32.